The Labute approximate surface area is 127 Å². The maximum Gasteiger partial charge on any atom is 0.339 e. The molecule has 0 saturated heterocycles. The molecule has 0 amide bonds. The molecule has 1 atom stereocenters. The van der Waals surface area contributed by atoms with Crippen molar-refractivity contribution in [2.24, 2.45) is 0 Å². The van der Waals surface area contributed by atoms with Gasteiger partial charge < -0.3 is 10.2 Å². The number of aromatic carboxylic acids is 1. The van der Waals surface area contributed by atoms with Gasteiger partial charge in [-0.25, -0.2) is 17.9 Å². The minimum atomic E-state index is -3.94. The number of phenols is 1. The van der Waals surface area contributed by atoms with Crippen LogP contribution in [0.25, 0.3) is 0 Å². The molecule has 2 aromatic rings. The fourth-order valence-electron chi connectivity index (χ4n) is 1.85. The van der Waals surface area contributed by atoms with Gasteiger partial charge in [0.2, 0.25) is 10.0 Å². The van der Waals surface area contributed by atoms with Gasteiger partial charge in [-0.2, -0.15) is 0 Å². The number of carboxylic acid groups (broad SMARTS) is 1. The molecule has 0 bridgehead atoms. The third-order valence-electron chi connectivity index (χ3n) is 2.97. The van der Waals surface area contributed by atoms with Crippen LogP contribution in [-0.2, 0) is 10.0 Å². The molecule has 1 aromatic carbocycles. The average Bonchev–Trinajstić information content (AvgIpc) is 2.47. The molecule has 0 aliphatic rings. The number of rotatable bonds is 5. The lowest BCUT2D eigenvalue weighted by atomic mass is 10.2. The third-order valence-corrected chi connectivity index (χ3v) is 4.51. The highest BCUT2D eigenvalue weighted by atomic mass is 32.2. The van der Waals surface area contributed by atoms with E-state index in [9.17, 15) is 18.3 Å². The van der Waals surface area contributed by atoms with Crippen molar-refractivity contribution in [2.45, 2.75) is 17.9 Å². The first-order valence-electron chi connectivity index (χ1n) is 6.31. The number of pyridine rings is 1. The molecule has 0 fully saturated rings. The fourth-order valence-corrected chi connectivity index (χ4v) is 3.09. The van der Waals surface area contributed by atoms with E-state index in [1.807, 2.05) is 0 Å². The van der Waals surface area contributed by atoms with E-state index in [2.05, 4.69) is 9.71 Å². The molecule has 22 heavy (non-hydrogen) atoms. The fraction of sp³-hybridized carbons (Fsp3) is 0.143. The Morgan fingerprint density at radius 2 is 2.00 bits per heavy atom. The van der Waals surface area contributed by atoms with Crippen LogP contribution in [0.5, 0.6) is 5.75 Å². The normalized spacial score (nSPS) is 12.8. The molecule has 8 heteroatoms. The van der Waals surface area contributed by atoms with E-state index in [0.29, 0.717) is 5.69 Å². The van der Waals surface area contributed by atoms with Crippen LogP contribution >= 0.6 is 0 Å². The zero-order chi connectivity index (χ0) is 16.3. The molecule has 7 nitrogen and oxygen atoms in total. The van der Waals surface area contributed by atoms with Crippen LogP contribution in [-0.4, -0.2) is 29.6 Å². The van der Waals surface area contributed by atoms with Gasteiger partial charge >= 0.3 is 5.97 Å². The van der Waals surface area contributed by atoms with Crippen LogP contribution in [0.4, 0.5) is 0 Å². The van der Waals surface area contributed by atoms with Gasteiger partial charge in [-0.05, 0) is 37.3 Å². The zero-order valence-electron chi connectivity index (χ0n) is 11.6. The predicted molar refractivity (Wildman–Crippen MR) is 78.0 cm³/mol. The van der Waals surface area contributed by atoms with Crippen molar-refractivity contribution in [1.82, 2.24) is 9.71 Å². The number of nitrogens with zero attached hydrogens (tertiary/aromatic N) is 1. The molecular formula is C14H14N2O5S. The second kappa shape index (κ2) is 6.12. The summed E-state index contributed by atoms with van der Waals surface area (Å²) in [5, 5.41) is 18.4. The molecule has 3 N–H and O–H groups in total. The first-order chi connectivity index (χ1) is 10.3. The molecule has 2 rings (SSSR count). The van der Waals surface area contributed by atoms with Crippen molar-refractivity contribution in [2.75, 3.05) is 0 Å². The van der Waals surface area contributed by atoms with Gasteiger partial charge in [0.25, 0.3) is 0 Å². The Hall–Kier alpha value is -2.45. The van der Waals surface area contributed by atoms with Gasteiger partial charge in [0.05, 0.1) is 16.6 Å². The lowest BCUT2D eigenvalue weighted by molar-refractivity contribution is 0.0693. The highest BCUT2D eigenvalue weighted by Gasteiger charge is 2.21. The number of hydrogen-bond donors (Lipinski definition) is 3. The van der Waals surface area contributed by atoms with E-state index < -0.39 is 33.3 Å². The molecule has 1 aromatic heterocycles. The van der Waals surface area contributed by atoms with Crippen LogP contribution in [0.3, 0.4) is 0 Å². The number of aromatic nitrogens is 1. The lowest BCUT2D eigenvalue weighted by Gasteiger charge is -2.14. The minimum absolute atomic E-state index is 0.245. The van der Waals surface area contributed by atoms with Crippen molar-refractivity contribution >= 4 is 16.0 Å². The summed E-state index contributed by atoms with van der Waals surface area (Å²) in [6.45, 7) is 1.62. The Balaban J connectivity index is 2.31. The number of aromatic hydroxyl groups is 1. The summed E-state index contributed by atoms with van der Waals surface area (Å²) in [6, 6.07) is 7.60. The Morgan fingerprint density at radius 3 is 2.59 bits per heavy atom. The molecule has 1 heterocycles. The van der Waals surface area contributed by atoms with Gasteiger partial charge in [0, 0.05) is 6.20 Å². The van der Waals surface area contributed by atoms with Crippen LogP contribution in [0.1, 0.15) is 29.0 Å². The third kappa shape index (κ3) is 3.41. The molecule has 0 radical (unpaired) electrons. The summed E-state index contributed by atoms with van der Waals surface area (Å²) >= 11 is 0. The van der Waals surface area contributed by atoms with Gasteiger partial charge in [0.1, 0.15) is 11.3 Å². The number of nitrogens with one attached hydrogen (secondary N) is 1. The highest BCUT2D eigenvalue weighted by molar-refractivity contribution is 7.89. The van der Waals surface area contributed by atoms with Crippen molar-refractivity contribution in [3.63, 3.8) is 0 Å². The number of hydrogen-bond acceptors (Lipinski definition) is 5. The van der Waals surface area contributed by atoms with Crippen LogP contribution in [0, 0.1) is 0 Å². The van der Waals surface area contributed by atoms with Gasteiger partial charge in [-0.3, -0.25) is 4.98 Å². The van der Waals surface area contributed by atoms with E-state index in [-0.39, 0.29) is 4.90 Å². The SMILES string of the molecule is CC(NS(=O)(=O)c1ccc(O)c(C(=O)O)c1)c1ccccn1. The molecule has 0 saturated carbocycles. The molecule has 0 aliphatic heterocycles. The summed E-state index contributed by atoms with van der Waals surface area (Å²) in [5.74, 6) is -1.91. The summed E-state index contributed by atoms with van der Waals surface area (Å²) in [7, 11) is -3.94. The molecule has 116 valence electrons. The van der Waals surface area contributed by atoms with E-state index in [4.69, 9.17) is 5.11 Å². The summed E-state index contributed by atoms with van der Waals surface area (Å²) in [6.07, 6.45) is 1.54. The second-order valence-electron chi connectivity index (χ2n) is 4.58. The maximum atomic E-state index is 12.3. The van der Waals surface area contributed by atoms with E-state index >= 15 is 0 Å². The van der Waals surface area contributed by atoms with Crippen LogP contribution in [0.15, 0.2) is 47.5 Å². The van der Waals surface area contributed by atoms with Gasteiger partial charge in [-0.15, -0.1) is 0 Å². The average molecular weight is 322 g/mol. The molecule has 0 spiro atoms. The minimum Gasteiger partial charge on any atom is -0.507 e. The van der Waals surface area contributed by atoms with Crippen molar-refractivity contribution < 1.29 is 23.4 Å². The lowest BCUT2D eigenvalue weighted by Crippen LogP contribution is -2.27. The molecule has 0 aliphatic carbocycles. The number of carbonyl (C=O) groups is 1. The van der Waals surface area contributed by atoms with Crippen LogP contribution < -0.4 is 4.72 Å². The Morgan fingerprint density at radius 1 is 1.27 bits per heavy atom. The monoisotopic (exact) mass is 322 g/mol. The largest absolute Gasteiger partial charge is 0.507 e. The van der Waals surface area contributed by atoms with Gasteiger partial charge in [-0.1, -0.05) is 6.07 Å². The molecular weight excluding hydrogens is 308 g/mol. The molecule has 1 unspecified atom stereocenters. The topological polar surface area (TPSA) is 117 Å². The van der Waals surface area contributed by atoms with E-state index in [1.165, 1.54) is 0 Å². The van der Waals surface area contributed by atoms with Gasteiger partial charge in [0.15, 0.2) is 0 Å². The number of carboxylic acids is 1. The second-order valence-corrected chi connectivity index (χ2v) is 6.30. The Bertz CT molecular complexity index is 790. The first-order valence-corrected chi connectivity index (χ1v) is 7.79. The summed E-state index contributed by atoms with van der Waals surface area (Å²) in [4.78, 5) is 14.8. The van der Waals surface area contributed by atoms with Crippen molar-refractivity contribution in [1.29, 1.82) is 0 Å². The van der Waals surface area contributed by atoms with E-state index in [1.54, 1.807) is 31.3 Å². The first kappa shape index (κ1) is 15.9. The standard InChI is InChI=1S/C14H14N2O5S/c1-9(12-4-2-3-7-15-12)16-22(20,21)10-5-6-13(17)11(8-10)14(18)19/h2-9,16-17H,1H3,(H,18,19). The van der Waals surface area contributed by atoms with E-state index in [0.717, 1.165) is 18.2 Å². The number of benzene rings is 1. The highest BCUT2D eigenvalue weighted by Crippen LogP contribution is 2.22. The maximum absolute atomic E-state index is 12.3. The number of sulfonamides is 1. The predicted octanol–water partition coefficient (Wildman–Crippen LogP) is 1.52. The zero-order valence-corrected chi connectivity index (χ0v) is 12.4. The quantitative estimate of drug-likeness (QED) is 0.768. The summed E-state index contributed by atoms with van der Waals surface area (Å²) < 4.78 is 27.0. The summed E-state index contributed by atoms with van der Waals surface area (Å²) in [5.41, 5.74) is 0.0525. The Kier molecular flexibility index (Phi) is 4.43. The van der Waals surface area contributed by atoms with Crippen molar-refractivity contribution in [3.05, 3.63) is 53.9 Å². The van der Waals surface area contributed by atoms with Crippen LogP contribution in [0.2, 0.25) is 0 Å². The smallest absolute Gasteiger partial charge is 0.339 e. The van der Waals surface area contributed by atoms with Crippen molar-refractivity contribution in [3.8, 4) is 5.75 Å².